The summed E-state index contributed by atoms with van der Waals surface area (Å²) in [5.74, 6) is 0. The molecule has 1 heterocycles. The summed E-state index contributed by atoms with van der Waals surface area (Å²) in [5.41, 5.74) is 1.51. The number of nitro groups is 1. The molecule has 3 aromatic rings. The van der Waals surface area contributed by atoms with Crippen molar-refractivity contribution in [3.8, 4) is 0 Å². The number of H-pyrrole nitrogens is 1. The van der Waals surface area contributed by atoms with Gasteiger partial charge in [-0.25, -0.2) is 0 Å². The number of benzene rings is 2. The molecule has 0 amide bonds. The second-order valence-corrected chi connectivity index (χ2v) is 5.94. The lowest BCUT2D eigenvalue weighted by atomic mass is 10.1. The molecule has 0 unspecified atom stereocenters. The van der Waals surface area contributed by atoms with E-state index in [4.69, 9.17) is 0 Å². The van der Waals surface area contributed by atoms with Gasteiger partial charge in [-0.05, 0) is 37.1 Å². The number of aryl methyl sites for hydroxylation is 1. The van der Waals surface area contributed by atoms with Gasteiger partial charge in [0.05, 0.1) is 10.5 Å². The topological polar surface area (TPSA) is 71.0 Å². The number of para-hydroxylation sites is 1. The molecule has 26 heavy (non-hydrogen) atoms. The van der Waals surface area contributed by atoms with Crippen molar-refractivity contribution >= 4 is 22.3 Å². The smallest absolute Gasteiger partial charge is 0.379 e. The highest BCUT2D eigenvalue weighted by molar-refractivity contribution is 5.84. The van der Waals surface area contributed by atoms with Crippen LogP contribution in [0.15, 0.2) is 42.5 Å². The van der Waals surface area contributed by atoms with Crippen LogP contribution < -0.4 is 5.32 Å². The van der Waals surface area contributed by atoms with Crippen LogP contribution in [0, 0.1) is 17.0 Å². The lowest BCUT2D eigenvalue weighted by Crippen LogP contribution is -2.10. The number of alkyl halides is 3. The molecule has 0 aliphatic rings. The molecular formula is C18H16F3N3O2. The summed E-state index contributed by atoms with van der Waals surface area (Å²) in [5, 5.41) is 15.1. The van der Waals surface area contributed by atoms with Crippen LogP contribution in [0.5, 0.6) is 0 Å². The fourth-order valence-corrected chi connectivity index (χ4v) is 2.99. The summed E-state index contributed by atoms with van der Waals surface area (Å²) >= 11 is 0. The van der Waals surface area contributed by atoms with E-state index in [2.05, 4.69) is 10.3 Å². The third kappa shape index (κ3) is 3.49. The Hall–Kier alpha value is -3.03. The Morgan fingerprint density at radius 3 is 2.62 bits per heavy atom. The number of rotatable bonds is 5. The van der Waals surface area contributed by atoms with Gasteiger partial charge in [0, 0.05) is 29.2 Å². The molecule has 3 rings (SSSR count). The normalized spacial score (nSPS) is 11.7. The van der Waals surface area contributed by atoms with Gasteiger partial charge < -0.3 is 10.3 Å². The lowest BCUT2D eigenvalue weighted by Gasteiger charge is -2.11. The molecule has 8 heteroatoms. The maximum atomic E-state index is 12.7. The summed E-state index contributed by atoms with van der Waals surface area (Å²) in [6.45, 7) is 2.30. The second-order valence-electron chi connectivity index (χ2n) is 5.94. The maximum absolute atomic E-state index is 12.7. The predicted molar refractivity (Wildman–Crippen MR) is 93.3 cm³/mol. The standard InChI is InChI=1S/C18H16F3N3O2/c1-11-13(14-4-2-3-5-15(14)23-11)8-9-22-16-7-6-12(18(19,20)21)10-17(16)24(25)26/h2-7,10,22-23H,8-9H2,1H3. The van der Waals surface area contributed by atoms with E-state index in [9.17, 15) is 23.3 Å². The lowest BCUT2D eigenvalue weighted by molar-refractivity contribution is -0.384. The monoisotopic (exact) mass is 363 g/mol. The van der Waals surface area contributed by atoms with Gasteiger partial charge in [0.2, 0.25) is 0 Å². The Kier molecular flexibility index (Phi) is 4.58. The Morgan fingerprint density at radius 2 is 1.92 bits per heavy atom. The van der Waals surface area contributed by atoms with Crippen LogP contribution in [0.2, 0.25) is 0 Å². The van der Waals surface area contributed by atoms with E-state index in [-0.39, 0.29) is 5.69 Å². The first-order valence-corrected chi connectivity index (χ1v) is 7.93. The van der Waals surface area contributed by atoms with E-state index in [0.717, 1.165) is 34.3 Å². The number of hydrogen-bond donors (Lipinski definition) is 2. The minimum Gasteiger partial charge on any atom is -0.379 e. The molecule has 2 aromatic carbocycles. The minimum atomic E-state index is -4.62. The fraction of sp³-hybridized carbons (Fsp3) is 0.222. The van der Waals surface area contributed by atoms with Crippen LogP contribution in [0.1, 0.15) is 16.8 Å². The van der Waals surface area contributed by atoms with Gasteiger partial charge in [0.25, 0.3) is 5.69 Å². The van der Waals surface area contributed by atoms with Crippen molar-refractivity contribution in [1.29, 1.82) is 0 Å². The number of nitrogens with one attached hydrogen (secondary N) is 2. The Balaban J connectivity index is 1.79. The van der Waals surface area contributed by atoms with Crippen molar-refractivity contribution in [2.45, 2.75) is 19.5 Å². The van der Waals surface area contributed by atoms with Crippen LogP contribution >= 0.6 is 0 Å². The number of nitro benzene ring substituents is 1. The molecule has 0 saturated heterocycles. The first kappa shape index (κ1) is 17.8. The Morgan fingerprint density at radius 1 is 1.19 bits per heavy atom. The maximum Gasteiger partial charge on any atom is 0.416 e. The van der Waals surface area contributed by atoms with E-state index in [1.807, 2.05) is 31.2 Å². The van der Waals surface area contributed by atoms with Crippen LogP contribution in [-0.4, -0.2) is 16.5 Å². The number of halogens is 3. The van der Waals surface area contributed by atoms with Gasteiger partial charge in [0.15, 0.2) is 0 Å². The molecule has 0 saturated carbocycles. The Bertz CT molecular complexity index is 964. The van der Waals surface area contributed by atoms with E-state index in [0.29, 0.717) is 19.0 Å². The first-order chi connectivity index (χ1) is 12.3. The molecule has 0 spiro atoms. The molecule has 136 valence electrons. The number of nitrogens with zero attached hydrogens (tertiary/aromatic N) is 1. The molecule has 0 atom stereocenters. The van der Waals surface area contributed by atoms with E-state index >= 15 is 0 Å². The minimum absolute atomic E-state index is 0.0699. The van der Waals surface area contributed by atoms with Gasteiger partial charge >= 0.3 is 6.18 Å². The van der Waals surface area contributed by atoms with Crippen LogP contribution in [0.3, 0.4) is 0 Å². The summed E-state index contributed by atoms with van der Waals surface area (Å²) in [7, 11) is 0. The molecule has 0 aliphatic carbocycles. The average molecular weight is 363 g/mol. The van der Waals surface area contributed by atoms with Crippen molar-refractivity contribution in [2.75, 3.05) is 11.9 Å². The van der Waals surface area contributed by atoms with Gasteiger partial charge in [0.1, 0.15) is 5.69 Å². The molecule has 0 aliphatic heterocycles. The molecular weight excluding hydrogens is 347 g/mol. The van der Waals surface area contributed by atoms with E-state index in [1.54, 1.807) is 0 Å². The quantitative estimate of drug-likeness (QED) is 0.492. The zero-order valence-corrected chi connectivity index (χ0v) is 13.9. The summed E-state index contributed by atoms with van der Waals surface area (Å²) in [6, 6.07) is 10.3. The first-order valence-electron chi connectivity index (χ1n) is 7.93. The fourth-order valence-electron chi connectivity index (χ4n) is 2.99. The number of anilines is 1. The predicted octanol–water partition coefficient (Wildman–Crippen LogP) is 5.06. The van der Waals surface area contributed by atoms with Gasteiger partial charge in [-0.1, -0.05) is 18.2 Å². The highest BCUT2D eigenvalue weighted by Crippen LogP contribution is 2.35. The van der Waals surface area contributed by atoms with Crippen molar-refractivity contribution in [2.24, 2.45) is 0 Å². The van der Waals surface area contributed by atoms with Gasteiger partial charge in [-0.2, -0.15) is 13.2 Å². The summed E-state index contributed by atoms with van der Waals surface area (Å²) in [4.78, 5) is 13.6. The molecule has 0 radical (unpaired) electrons. The number of hydrogen-bond acceptors (Lipinski definition) is 3. The van der Waals surface area contributed by atoms with Crippen LogP contribution in [-0.2, 0) is 12.6 Å². The van der Waals surface area contributed by atoms with E-state index in [1.165, 1.54) is 0 Å². The molecule has 0 bridgehead atoms. The third-order valence-electron chi connectivity index (χ3n) is 4.24. The zero-order chi connectivity index (χ0) is 18.9. The summed E-state index contributed by atoms with van der Waals surface area (Å²) in [6.07, 6.45) is -4.04. The second kappa shape index (κ2) is 6.70. The molecule has 2 N–H and O–H groups in total. The van der Waals surface area contributed by atoms with Gasteiger partial charge in [-0.3, -0.25) is 10.1 Å². The number of fused-ring (bicyclic) bond motifs is 1. The van der Waals surface area contributed by atoms with Gasteiger partial charge in [-0.15, -0.1) is 0 Å². The molecule has 5 nitrogen and oxygen atoms in total. The van der Waals surface area contributed by atoms with Crippen LogP contribution in [0.25, 0.3) is 10.9 Å². The summed E-state index contributed by atoms with van der Waals surface area (Å²) < 4.78 is 38.2. The van der Waals surface area contributed by atoms with Crippen molar-refractivity contribution in [1.82, 2.24) is 4.98 Å². The van der Waals surface area contributed by atoms with Crippen molar-refractivity contribution in [3.63, 3.8) is 0 Å². The number of aromatic amines is 1. The average Bonchev–Trinajstić information content (AvgIpc) is 2.89. The van der Waals surface area contributed by atoms with Crippen LogP contribution in [0.4, 0.5) is 24.5 Å². The zero-order valence-electron chi connectivity index (χ0n) is 13.9. The van der Waals surface area contributed by atoms with Crippen molar-refractivity contribution < 1.29 is 18.1 Å². The molecule has 0 fully saturated rings. The highest BCUT2D eigenvalue weighted by atomic mass is 19.4. The number of aromatic nitrogens is 1. The largest absolute Gasteiger partial charge is 0.416 e. The third-order valence-corrected chi connectivity index (χ3v) is 4.24. The van der Waals surface area contributed by atoms with E-state index < -0.39 is 22.4 Å². The molecule has 1 aromatic heterocycles. The van der Waals surface area contributed by atoms with Crippen molar-refractivity contribution in [3.05, 3.63) is 69.4 Å². The Labute approximate surface area is 147 Å². The SMILES string of the molecule is Cc1[nH]c2ccccc2c1CCNc1ccc(C(F)(F)F)cc1[N+](=O)[O-]. The highest BCUT2D eigenvalue weighted by Gasteiger charge is 2.33.